The normalized spacial score (nSPS) is 11.5. The van der Waals surface area contributed by atoms with Crippen molar-refractivity contribution in [1.82, 2.24) is 9.55 Å². The van der Waals surface area contributed by atoms with Crippen molar-refractivity contribution in [2.75, 3.05) is 0 Å². The van der Waals surface area contributed by atoms with Gasteiger partial charge in [-0.2, -0.15) is 0 Å². The lowest BCUT2D eigenvalue weighted by molar-refractivity contribution is 0.669. The molecule has 3 nitrogen and oxygen atoms in total. The monoisotopic (exact) mass is 790 g/mol. The molecule has 3 heterocycles. The zero-order valence-electron chi connectivity index (χ0n) is 33.7. The van der Waals surface area contributed by atoms with Crippen molar-refractivity contribution in [1.29, 1.82) is 0 Å². The van der Waals surface area contributed by atoms with Gasteiger partial charge in [-0.1, -0.05) is 158 Å². The maximum absolute atomic E-state index is 6.35. The van der Waals surface area contributed by atoms with E-state index in [1.54, 1.807) is 0 Å². The highest BCUT2D eigenvalue weighted by Crippen LogP contribution is 2.40. The van der Waals surface area contributed by atoms with Crippen molar-refractivity contribution in [3.8, 4) is 72.7 Å². The van der Waals surface area contributed by atoms with Crippen LogP contribution in [0, 0.1) is 0 Å². The molecule has 0 aliphatic carbocycles. The highest BCUT2D eigenvalue weighted by Gasteiger charge is 2.17. The maximum atomic E-state index is 6.35. The van der Waals surface area contributed by atoms with Crippen LogP contribution in [0.2, 0.25) is 0 Å². The van der Waals surface area contributed by atoms with Crippen LogP contribution < -0.4 is 0 Å². The fourth-order valence-electron chi connectivity index (χ4n) is 9.07. The summed E-state index contributed by atoms with van der Waals surface area (Å²) >= 11 is 0. The standard InChI is InChI=1S/C59H38N2O/c1-5-13-39(14-6-1)44-23-29-56-50(33-44)51-34-46(47-26-32-59-53(36-47)52-35-45(25-31-58(52)62-59)40-15-7-2-8-16-40)24-30-57(51)61(56)49-27-21-43(22-28-49)55-38-48(41-17-9-3-10-18-41)37-54(60-55)42-19-11-4-12-20-42/h1-38H. The molecule has 12 rings (SSSR count). The van der Waals surface area contributed by atoms with Gasteiger partial charge in [0.05, 0.1) is 22.4 Å². The van der Waals surface area contributed by atoms with Gasteiger partial charge >= 0.3 is 0 Å². The third-order valence-electron chi connectivity index (χ3n) is 12.2. The number of hydrogen-bond donors (Lipinski definition) is 0. The van der Waals surface area contributed by atoms with Crippen molar-refractivity contribution in [3.63, 3.8) is 0 Å². The molecule has 3 heteroatoms. The van der Waals surface area contributed by atoms with Crippen molar-refractivity contribution >= 4 is 43.7 Å². The van der Waals surface area contributed by atoms with E-state index in [9.17, 15) is 0 Å². The van der Waals surface area contributed by atoms with Gasteiger partial charge in [-0.25, -0.2) is 4.98 Å². The molecule has 0 saturated heterocycles. The highest BCUT2D eigenvalue weighted by molar-refractivity contribution is 6.12. The van der Waals surface area contributed by atoms with Crippen LogP contribution >= 0.6 is 0 Å². The molecule has 0 aliphatic heterocycles. The molecule has 0 spiro atoms. The molecule has 0 N–H and O–H groups in total. The van der Waals surface area contributed by atoms with Gasteiger partial charge in [-0.15, -0.1) is 0 Å². The first kappa shape index (κ1) is 35.7. The average molecular weight is 791 g/mol. The number of fused-ring (bicyclic) bond motifs is 6. The topological polar surface area (TPSA) is 31.0 Å². The lowest BCUT2D eigenvalue weighted by atomic mass is 9.98. The molecule has 290 valence electrons. The summed E-state index contributed by atoms with van der Waals surface area (Å²) in [6.45, 7) is 0. The van der Waals surface area contributed by atoms with Gasteiger partial charge in [0.2, 0.25) is 0 Å². The van der Waals surface area contributed by atoms with Gasteiger partial charge in [0.1, 0.15) is 11.2 Å². The summed E-state index contributed by atoms with van der Waals surface area (Å²) in [4.78, 5) is 5.21. The summed E-state index contributed by atoms with van der Waals surface area (Å²) in [5.74, 6) is 0. The minimum atomic E-state index is 0.890. The molecular formula is C59H38N2O. The molecule has 0 bridgehead atoms. The number of furan rings is 1. The predicted molar refractivity (Wildman–Crippen MR) is 258 cm³/mol. The van der Waals surface area contributed by atoms with Gasteiger partial charge < -0.3 is 8.98 Å². The summed E-state index contributed by atoms with van der Waals surface area (Å²) in [6.07, 6.45) is 0. The zero-order valence-corrected chi connectivity index (χ0v) is 33.7. The van der Waals surface area contributed by atoms with Crippen molar-refractivity contribution in [2.45, 2.75) is 0 Å². The lowest BCUT2D eigenvalue weighted by Gasteiger charge is -2.12. The lowest BCUT2D eigenvalue weighted by Crippen LogP contribution is -1.95. The molecule has 3 aromatic heterocycles. The molecule has 0 aliphatic rings. The Morgan fingerprint density at radius 2 is 0.629 bits per heavy atom. The van der Waals surface area contributed by atoms with Gasteiger partial charge in [0.25, 0.3) is 0 Å². The first-order chi connectivity index (χ1) is 30.7. The number of benzene rings is 9. The maximum Gasteiger partial charge on any atom is 0.135 e. The van der Waals surface area contributed by atoms with Crippen LogP contribution in [0.15, 0.2) is 235 Å². The summed E-state index contributed by atoms with van der Waals surface area (Å²) in [7, 11) is 0. The molecule has 0 radical (unpaired) electrons. The molecule has 0 fully saturated rings. The molecule has 9 aromatic carbocycles. The van der Waals surface area contributed by atoms with E-state index in [1.165, 1.54) is 38.6 Å². The van der Waals surface area contributed by atoms with E-state index in [4.69, 9.17) is 9.40 Å². The second kappa shape index (κ2) is 14.8. The first-order valence-corrected chi connectivity index (χ1v) is 21.1. The van der Waals surface area contributed by atoms with Gasteiger partial charge in [-0.05, 0) is 117 Å². The highest BCUT2D eigenvalue weighted by atomic mass is 16.3. The second-order valence-corrected chi connectivity index (χ2v) is 16.0. The Morgan fingerprint density at radius 1 is 0.274 bits per heavy atom. The number of nitrogens with zero attached hydrogens (tertiary/aromatic N) is 2. The van der Waals surface area contributed by atoms with Crippen LogP contribution in [-0.2, 0) is 0 Å². The van der Waals surface area contributed by atoms with Gasteiger partial charge in [-0.3, -0.25) is 0 Å². The van der Waals surface area contributed by atoms with Crippen LogP contribution in [0.25, 0.3) is 116 Å². The Hall–Kier alpha value is -8.27. The third-order valence-corrected chi connectivity index (χ3v) is 12.2. The summed E-state index contributed by atoms with van der Waals surface area (Å²) in [5.41, 5.74) is 18.6. The van der Waals surface area contributed by atoms with Crippen molar-refractivity contribution in [2.24, 2.45) is 0 Å². The third kappa shape index (κ3) is 6.27. The average Bonchev–Trinajstić information content (AvgIpc) is 3.89. The van der Waals surface area contributed by atoms with Crippen LogP contribution in [-0.4, -0.2) is 9.55 Å². The van der Waals surface area contributed by atoms with Gasteiger partial charge in [0, 0.05) is 38.4 Å². The second-order valence-electron chi connectivity index (χ2n) is 16.0. The van der Waals surface area contributed by atoms with E-state index in [0.29, 0.717) is 0 Å². The van der Waals surface area contributed by atoms with E-state index in [-0.39, 0.29) is 0 Å². The molecule has 12 aromatic rings. The minimum Gasteiger partial charge on any atom is -0.456 e. The zero-order chi connectivity index (χ0) is 41.0. The molecule has 62 heavy (non-hydrogen) atoms. The van der Waals surface area contributed by atoms with E-state index in [1.807, 2.05) is 6.07 Å². The fraction of sp³-hybridized carbons (Fsp3) is 0. The number of hydrogen-bond acceptors (Lipinski definition) is 2. The summed E-state index contributed by atoms with van der Waals surface area (Å²) in [6, 6.07) is 82.3. The predicted octanol–water partition coefficient (Wildman–Crippen LogP) is 16.1. The molecule has 0 saturated carbocycles. The molecular weight excluding hydrogens is 753 g/mol. The van der Waals surface area contributed by atoms with Crippen molar-refractivity contribution in [3.05, 3.63) is 231 Å². The van der Waals surface area contributed by atoms with Gasteiger partial charge in [0.15, 0.2) is 0 Å². The Bertz CT molecular complexity index is 3530. The van der Waals surface area contributed by atoms with Crippen LogP contribution in [0.1, 0.15) is 0 Å². The minimum absolute atomic E-state index is 0.890. The largest absolute Gasteiger partial charge is 0.456 e. The van der Waals surface area contributed by atoms with E-state index in [2.05, 4.69) is 229 Å². The Kier molecular flexibility index (Phi) is 8.50. The van der Waals surface area contributed by atoms with Crippen LogP contribution in [0.4, 0.5) is 0 Å². The Morgan fingerprint density at radius 3 is 1.10 bits per heavy atom. The van der Waals surface area contributed by atoms with E-state index >= 15 is 0 Å². The number of pyridine rings is 1. The summed E-state index contributed by atoms with van der Waals surface area (Å²) in [5, 5.41) is 4.64. The summed E-state index contributed by atoms with van der Waals surface area (Å²) < 4.78 is 8.75. The first-order valence-electron chi connectivity index (χ1n) is 21.1. The smallest absolute Gasteiger partial charge is 0.135 e. The Balaban J connectivity index is 0.986. The van der Waals surface area contributed by atoms with E-state index in [0.717, 1.165) is 77.9 Å². The fourth-order valence-corrected chi connectivity index (χ4v) is 9.07. The van der Waals surface area contributed by atoms with Crippen LogP contribution in [0.5, 0.6) is 0 Å². The number of rotatable bonds is 7. The molecule has 0 unspecified atom stereocenters. The van der Waals surface area contributed by atoms with Crippen LogP contribution in [0.3, 0.4) is 0 Å². The molecule has 0 atom stereocenters. The quantitative estimate of drug-likeness (QED) is 0.161. The molecule has 0 amide bonds. The number of aromatic nitrogens is 2. The van der Waals surface area contributed by atoms with E-state index < -0.39 is 0 Å². The Labute approximate surface area is 359 Å². The van der Waals surface area contributed by atoms with Crippen molar-refractivity contribution < 1.29 is 4.42 Å². The SMILES string of the molecule is c1ccc(-c2cc(-c3ccccc3)nc(-c3ccc(-n4c5ccc(-c6ccccc6)cc5c5cc(-c6ccc7oc8ccc(-c9ccccc9)cc8c7c6)ccc54)cc3)c2)cc1.